The van der Waals surface area contributed by atoms with Crippen molar-refractivity contribution in [1.29, 1.82) is 0 Å². The lowest BCUT2D eigenvalue weighted by Gasteiger charge is -2.22. The zero-order valence-electron chi connectivity index (χ0n) is 10.7. The Balaban J connectivity index is 2.91. The summed E-state index contributed by atoms with van der Waals surface area (Å²) in [5, 5.41) is 0. The van der Waals surface area contributed by atoms with Crippen LogP contribution in [0.25, 0.3) is 0 Å². The SMILES string of the molecule is CC(=O)C(C)(C)c1ccc(OC(C)C)cc1. The Labute approximate surface area is 97.6 Å². The molecule has 2 nitrogen and oxygen atoms in total. The Morgan fingerprint density at radius 2 is 1.69 bits per heavy atom. The number of rotatable bonds is 4. The van der Waals surface area contributed by atoms with Crippen molar-refractivity contribution < 1.29 is 9.53 Å². The first-order valence-electron chi connectivity index (χ1n) is 5.62. The summed E-state index contributed by atoms with van der Waals surface area (Å²) in [4.78, 5) is 11.5. The van der Waals surface area contributed by atoms with Gasteiger partial charge in [-0.15, -0.1) is 0 Å². The zero-order chi connectivity index (χ0) is 12.3. The van der Waals surface area contributed by atoms with Crippen molar-refractivity contribution in [2.45, 2.75) is 46.1 Å². The first-order chi connectivity index (χ1) is 7.34. The minimum atomic E-state index is -0.420. The molecule has 0 amide bonds. The second-order valence-electron chi connectivity index (χ2n) is 4.87. The summed E-state index contributed by atoms with van der Waals surface area (Å²) in [6.07, 6.45) is 0.173. The largest absolute Gasteiger partial charge is 0.491 e. The molecule has 1 rings (SSSR count). The van der Waals surface area contributed by atoms with Crippen LogP contribution in [0.5, 0.6) is 5.75 Å². The van der Waals surface area contributed by atoms with Crippen molar-refractivity contribution in [3.05, 3.63) is 29.8 Å². The summed E-state index contributed by atoms with van der Waals surface area (Å²) < 4.78 is 5.56. The maximum atomic E-state index is 11.5. The van der Waals surface area contributed by atoms with Gasteiger partial charge in [0.25, 0.3) is 0 Å². The number of carbonyl (C=O) groups is 1. The van der Waals surface area contributed by atoms with Gasteiger partial charge in [0.15, 0.2) is 0 Å². The summed E-state index contributed by atoms with van der Waals surface area (Å²) in [6.45, 7) is 9.49. The minimum absolute atomic E-state index is 0.171. The fraction of sp³-hybridized carbons (Fsp3) is 0.500. The lowest BCUT2D eigenvalue weighted by molar-refractivity contribution is -0.121. The lowest BCUT2D eigenvalue weighted by Crippen LogP contribution is -2.26. The van der Waals surface area contributed by atoms with Gasteiger partial charge in [0.05, 0.1) is 6.10 Å². The molecule has 0 fully saturated rings. The molecule has 1 aromatic rings. The smallest absolute Gasteiger partial charge is 0.139 e. The molecule has 0 aliphatic rings. The number of hydrogen-bond donors (Lipinski definition) is 0. The van der Waals surface area contributed by atoms with E-state index in [9.17, 15) is 4.79 Å². The Hall–Kier alpha value is -1.31. The van der Waals surface area contributed by atoms with Gasteiger partial charge in [0, 0.05) is 5.41 Å². The third-order valence-corrected chi connectivity index (χ3v) is 2.83. The maximum Gasteiger partial charge on any atom is 0.139 e. The minimum Gasteiger partial charge on any atom is -0.491 e. The van der Waals surface area contributed by atoms with Gasteiger partial charge in [0.1, 0.15) is 11.5 Å². The van der Waals surface area contributed by atoms with E-state index < -0.39 is 5.41 Å². The Morgan fingerprint density at radius 3 is 2.06 bits per heavy atom. The van der Waals surface area contributed by atoms with Crippen molar-refractivity contribution in [3.8, 4) is 5.75 Å². The molecule has 0 N–H and O–H groups in total. The molecule has 0 heterocycles. The van der Waals surface area contributed by atoms with Crippen molar-refractivity contribution in [2.24, 2.45) is 0 Å². The van der Waals surface area contributed by atoms with Crippen molar-refractivity contribution in [1.82, 2.24) is 0 Å². The monoisotopic (exact) mass is 220 g/mol. The molecule has 88 valence electrons. The van der Waals surface area contributed by atoms with E-state index in [1.165, 1.54) is 0 Å². The number of Topliss-reactive ketones (excluding diaryl/α,β-unsaturated/α-hetero) is 1. The van der Waals surface area contributed by atoms with E-state index in [0.29, 0.717) is 0 Å². The second-order valence-corrected chi connectivity index (χ2v) is 4.87. The summed E-state index contributed by atoms with van der Waals surface area (Å²) in [7, 11) is 0. The van der Waals surface area contributed by atoms with E-state index >= 15 is 0 Å². The molecule has 2 heteroatoms. The van der Waals surface area contributed by atoms with Gasteiger partial charge < -0.3 is 4.74 Å². The molecular weight excluding hydrogens is 200 g/mol. The predicted molar refractivity (Wildman–Crippen MR) is 65.9 cm³/mol. The molecule has 0 aliphatic carbocycles. The van der Waals surface area contributed by atoms with E-state index in [0.717, 1.165) is 11.3 Å². The highest BCUT2D eigenvalue weighted by molar-refractivity contribution is 5.87. The van der Waals surface area contributed by atoms with E-state index in [1.807, 2.05) is 52.0 Å². The number of hydrogen-bond acceptors (Lipinski definition) is 2. The summed E-state index contributed by atoms with van der Waals surface area (Å²) >= 11 is 0. The Bertz CT molecular complexity index is 361. The van der Waals surface area contributed by atoms with Gasteiger partial charge in [-0.1, -0.05) is 12.1 Å². The molecule has 0 unspecified atom stereocenters. The van der Waals surface area contributed by atoms with Crippen LogP contribution < -0.4 is 4.74 Å². The second kappa shape index (κ2) is 4.69. The van der Waals surface area contributed by atoms with Gasteiger partial charge in [-0.3, -0.25) is 4.79 Å². The van der Waals surface area contributed by atoms with Crippen LogP contribution in [0.3, 0.4) is 0 Å². The van der Waals surface area contributed by atoms with Crippen LogP contribution in [-0.2, 0) is 10.2 Å². The molecule has 0 aliphatic heterocycles. The van der Waals surface area contributed by atoms with Crippen LogP contribution in [0.2, 0.25) is 0 Å². The zero-order valence-corrected chi connectivity index (χ0v) is 10.7. The van der Waals surface area contributed by atoms with E-state index in [1.54, 1.807) is 6.92 Å². The van der Waals surface area contributed by atoms with Crippen LogP contribution in [0.4, 0.5) is 0 Å². The van der Waals surface area contributed by atoms with Crippen LogP contribution in [0.1, 0.15) is 40.2 Å². The molecule has 0 bridgehead atoms. The average Bonchev–Trinajstić information content (AvgIpc) is 2.17. The van der Waals surface area contributed by atoms with Crippen LogP contribution >= 0.6 is 0 Å². The van der Waals surface area contributed by atoms with Crippen LogP contribution in [-0.4, -0.2) is 11.9 Å². The molecule has 0 aromatic heterocycles. The van der Waals surface area contributed by atoms with E-state index in [-0.39, 0.29) is 11.9 Å². The normalized spacial score (nSPS) is 11.6. The lowest BCUT2D eigenvalue weighted by atomic mass is 9.81. The summed E-state index contributed by atoms with van der Waals surface area (Å²) in [5.74, 6) is 1.02. The summed E-state index contributed by atoms with van der Waals surface area (Å²) in [5.41, 5.74) is 0.604. The van der Waals surface area contributed by atoms with Crippen LogP contribution in [0.15, 0.2) is 24.3 Å². The molecule has 1 aromatic carbocycles. The maximum absolute atomic E-state index is 11.5. The predicted octanol–water partition coefficient (Wildman–Crippen LogP) is 3.34. The molecular formula is C14H20O2. The highest BCUT2D eigenvalue weighted by atomic mass is 16.5. The number of ether oxygens (including phenoxy) is 1. The summed E-state index contributed by atoms with van der Waals surface area (Å²) in [6, 6.07) is 7.75. The molecule has 0 atom stereocenters. The van der Waals surface area contributed by atoms with Crippen molar-refractivity contribution in [2.75, 3.05) is 0 Å². The molecule has 16 heavy (non-hydrogen) atoms. The van der Waals surface area contributed by atoms with E-state index in [4.69, 9.17) is 4.74 Å². The number of carbonyl (C=O) groups excluding carboxylic acids is 1. The van der Waals surface area contributed by atoms with Gasteiger partial charge in [0.2, 0.25) is 0 Å². The quantitative estimate of drug-likeness (QED) is 0.778. The van der Waals surface area contributed by atoms with Crippen molar-refractivity contribution >= 4 is 5.78 Å². The third kappa shape index (κ3) is 2.84. The molecule has 0 saturated heterocycles. The van der Waals surface area contributed by atoms with Crippen molar-refractivity contribution in [3.63, 3.8) is 0 Å². The molecule has 0 spiro atoms. The Kier molecular flexibility index (Phi) is 3.74. The van der Waals surface area contributed by atoms with Gasteiger partial charge in [-0.2, -0.15) is 0 Å². The average molecular weight is 220 g/mol. The van der Waals surface area contributed by atoms with Gasteiger partial charge >= 0.3 is 0 Å². The third-order valence-electron chi connectivity index (χ3n) is 2.83. The van der Waals surface area contributed by atoms with Gasteiger partial charge in [-0.25, -0.2) is 0 Å². The first kappa shape index (κ1) is 12.8. The van der Waals surface area contributed by atoms with Gasteiger partial charge in [-0.05, 0) is 52.3 Å². The molecule has 0 radical (unpaired) electrons. The standard InChI is InChI=1S/C14H20O2/c1-10(2)16-13-8-6-12(7-9-13)14(4,5)11(3)15/h6-10H,1-5H3. The highest BCUT2D eigenvalue weighted by Gasteiger charge is 2.25. The fourth-order valence-electron chi connectivity index (χ4n) is 1.43. The highest BCUT2D eigenvalue weighted by Crippen LogP contribution is 2.26. The first-order valence-corrected chi connectivity index (χ1v) is 5.62. The number of benzene rings is 1. The fourth-order valence-corrected chi connectivity index (χ4v) is 1.43. The van der Waals surface area contributed by atoms with Crippen LogP contribution in [0, 0.1) is 0 Å². The molecule has 0 saturated carbocycles. The number of ketones is 1. The topological polar surface area (TPSA) is 26.3 Å². The Morgan fingerprint density at radius 1 is 1.19 bits per heavy atom. The van der Waals surface area contributed by atoms with E-state index in [2.05, 4.69) is 0 Å².